The zero-order chi connectivity index (χ0) is 26.4. The van der Waals surface area contributed by atoms with E-state index in [4.69, 9.17) is 45.6 Å². The van der Waals surface area contributed by atoms with Gasteiger partial charge < -0.3 is 45.6 Å². The Labute approximate surface area is 187 Å². The number of hydrogen-bond acceptors (Lipinski definition) is 9. The number of aliphatic hydroxyl groups is 5. The second-order valence-electron chi connectivity index (χ2n) is 5.18. The first-order valence-electron chi connectivity index (χ1n) is 8.80. The first-order valence-corrected chi connectivity index (χ1v) is 8.80. The molecule has 0 bridgehead atoms. The van der Waals surface area contributed by atoms with Crippen molar-refractivity contribution in [1.29, 1.82) is 0 Å². The van der Waals surface area contributed by atoms with Crippen molar-refractivity contribution in [2.24, 2.45) is 5.41 Å². The normalized spacial score (nSPS) is 8.94. The molecule has 0 fully saturated rings. The van der Waals surface area contributed by atoms with Gasteiger partial charge in [-0.05, 0) is 6.92 Å². The van der Waals surface area contributed by atoms with Crippen LogP contribution in [0.4, 0.5) is 0 Å². The number of carboxylic acids is 3. The number of rotatable bonds is 11. The standard InChI is InChI=1S/C6H12O2.C5H12O4.3C3H4O2/c1-2-5-8-6-3-4-7;6-1-5(2-7,3-8)4-9;3*1-2-3(4)5/h2,5,7H,3-4,6H2,1H3;6-9H,1-4H2;3*2H,1H2,(H,4,5). The van der Waals surface area contributed by atoms with Crippen LogP contribution in [0.1, 0.15) is 13.3 Å². The maximum atomic E-state index is 9.25. The zero-order valence-corrected chi connectivity index (χ0v) is 18.2. The Morgan fingerprint density at radius 1 is 0.750 bits per heavy atom. The molecule has 0 aliphatic rings. The van der Waals surface area contributed by atoms with Crippen LogP contribution in [0.25, 0.3) is 0 Å². The highest BCUT2D eigenvalue weighted by atomic mass is 16.5. The SMILES string of the molecule is C=CC(=O)O.C=CC(=O)O.C=CC(=O)O.CC=COCCCO.OCC(CO)(CO)CO. The van der Waals surface area contributed by atoms with E-state index in [-0.39, 0.29) is 6.61 Å². The first-order chi connectivity index (χ1) is 15.0. The van der Waals surface area contributed by atoms with E-state index in [0.29, 0.717) is 13.0 Å². The van der Waals surface area contributed by atoms with Gasteiger partial charge in [-0.1, -0.05) is 25.8 Å². The van der Waals surface area contributed by atoms with Crippen molar-refractivity contribution in [3.8, 4) is 0 Å². The van der Waals surface area contributed by atoms with Crippen molar-refractivity contribution in [1.82, 2.24) is 0 Å². The molecule has 188 valence electrons. The van der Waals surface area contributed by atoms with Gasteiger partial charge in [0.2, 0.25) is 0 Å². The maximum absolute atomic E-state index is 9.25. The van der Waals surface area contributed by atoms with Crippen molar-refractivity contribution < 1.29 is 60.0 Å². The number of allylic oxidation sites excluding steroid dienone is 1. The predicted octanol–water partition coefficient (Wildman–Crippen LogP) is -0.368. The van der Waals surface area contributed by atoms with E-state index < -0.39 is 49.8 Å². The molecule has 0 spiro atoms. The summed E-state index contributed by atoms with van der Waals surface area (Å²) >= 11 is 0. The van der Waals surface area contributed by atoms with Crippen molar-refractivity contribution in [2.75, 3.05) is 39.6 Å². The van der Waals surface area contributed by atoms with Gasteiger partial charge in [-0.25, -0.2) is 14.4 Å². The van der Waals surface area contributed by atoms with Crippen LogP contribution < -0.4 is 0 Å². The van der Waals surface area contributed by atoms with Crippen molar-refractivity contribution in [3.63, 3.8) is 0 Å². The molecule has 0 heterocycles. The van der Waals surface area contributed by atoms with Gasteiger partial charge in [0.25, 0.3) is 0 Å². The molecular formula is C20H36O12. The van der Waals surface area contributed by atoms with Crippen molar-refractivity contribution in [3.05, 3.63) is 50.3 Å². The van der Waals surface area contributed by atoms with Crippen LogP contribution in [-0.2, 0) is 19.1 Å². The highest BCUT2D eigenvalue weighted by Crippen LogP contribution is 2.11. The van der Waals surface area contributed by atoms with E-state index in [1.165, 1.54) is 0 Å². The van der Waals surface area contributed by atoms with E-state index in [2.05, 4.69) is 19.7 Å². The second kappa shape index (κ2) is 32.6. The number of aliphatic carboxylic acids is 3. The molecule has 0 aliphatic carbocycles. The summed E-state index contributed by atoms with van der Waals surface area (Å²) in [7, 11) is 0. The third kappa shape index (κ3) is 45.6. The molecule has 32 heavy (non-hydrogen) atoms. The molecular weight excluding hydrogens is 432 g/mol. The highest BCUT2D eigenvalue weighted by Gasteiger charge is 2.26. The average Bonchev–Trinajstić information content (AvgIpc) is 2.80. The summed E-state index contributed by atoms with van der Waals surface area (Å²) in [6.45, 7) is 9.96. The number of carboxylic acid groups (broad SMARTS) is 3. The lowest BCUT2D eigenvalue weighted by molar-refractivity contribution is -0.132. The molecule has 0 aromatic heterocycles. The van der Waals surface area contributed by atoms with Crippen molar-refractivity contribution in [2.45, 2.75) is 13.3 Å². The van der Waals surface area contributed by atoms with Gasteiger partial charge in [-0.2, -0.15) is 0 Å². The van der Waals surface area contributed by atoms with Crippen molar-refractivity contribution >= 4 is 17.9 Å². The van der Waals surface area contributed by atoms with Crippen LogP contribution in [0.5, 0.6) is 0 Å². The van der Waals surface area contributed by atoms with Gasteiger partial charge in [0, 0.05) is 31.3 Å². The fourth-order valence-electron chi connectivity index (χ4n) is 0.612. The number of carbonyl (C=O) groups is 3. The smallest absolute Gasteiger partial charge is 0.327 e. The van der Waals surface area contributed by atoms with Crippen LogP contribution in [0, 0.1) is 5.41 Å². The van der Waals surface area contributed by atoms with E-state index >= 15 is 0 Å². The molecule has 8 N–H and O–H groups in total. The third-order valence-corrected chi connectivity index (χ3v) is 2.52. The molecule has 12 nitrogen and oxygen atoms in total. The predicted molar refractivity (Wildman–Crippen MR) is 117 cm³/mol. The van der Waals surface area contributed by atoms with E-state index in [1.54, 1.807) is 6.26 Å². The molecule has 12 heteroatoms. The highest BCUT2D eigenvalue weighted by molar-refractivity contribution is 5.79. The summed E-state index contributed by atoms with van der Waals surface area (Å²) in [6, 6.07) is 0. The summed E-state index contributed by atoms with van der Waals surface area (Å²) in [5, 5.41) is 65.1. The Morgan fingerprint density at radius 3 is 1.16 bits per heavy atom. The fraction of sp³-hybridized carbons (Fsp3) is 0.450. The number of hydrogen-bond donors (Lipinski definition) is 8. The summed E-state index contributed by atoms with van der Waals surface area (Å²) in [5.41, 5.74) is -1.11. The van der Waals surface area contributed by atoms with Gasteiger partial charge in [-0.15, -0.1) is 0 Å². The Kier molecular flexibility index (Phi) is 40.2. The van der Waals surface area contributed by atoms with Gasteiger partial charge in [-0.3, -0.25) is 0 Å². The molecule has 0 saturated heterocycles. The Balaban J connectivity index is -0.0000000976. The quantitative estimate of drug-likeness (QED) is 0.110. The Bertz CT molecular complexity index is 450. The number of aliphatic hydroxyl groups excluding tert-OH is 5. The second-order valence-corrected chi connectivity index (χ2v) is 5.18. The van der Waals surface area contributed by atoms with E-state index in [1.807, 2.05) is 13.0 Å². The maximum Gasteiger partial charge on any atom is 0.327 e. The lowest BCUT2D eigenvalue weighted by atomic mass is 9.93. The molecule has 0 aromatic rings. The Morgan fingerprint density at radius 2 is 1.03 bits per heavy atom. The summed E-state index contributed by atoms with van der Waals surface area (Å²) in [6.07, 6.45) is 6.65. The average molecular weight is 468 g/mol. The first kappa shape index (κ1) is 39.4. The summed E-state index contributed by atoms with van der Waals surface area (Å²) in [4.78, 5) is 27.8. The van der Waals surface area contributed by atoms with Gasteiger partial charge >= 0.3 is 17.9 Å². The minimum absolute atomic E-state index is 0.206. The minimum atomic E-state index is -1.11. The van der Waals surface area contributed by atoms with Gasteiger partial charge in [0.15, 0.2) is 0 Å². The van der Waals surface area contributed by atoms with Crippen LogP contribution in [0.15, 0.2) is 50.3 Å². The molecule has 0 unspecified atom stereocenters. The molecule has 0 atom stereocenters. The molecule has 0 amide bonds. The molecule has 0 radical (unpaired) electrons. The van der Waals surface area contributed by atoms with Crippen LogP contribution in [0.3, 0.4) is 0 Å². The minimum Gasteiger partial charge on any atom is -0.501 e. The summed E-state index contributed by atoms with van der Waals surface area (Å²) < 4.78 is 4.88. The largest absolute Gasteiger partial charge is 0.501 e. The number of ether oxygens (including phenoxy) is 1. The third-order valence-electron chi connectivity index (χ3n) is 2.52. The molecule has 0 aromatic carbocycles. The van der Waals surface area contributed by atoms with Crippen LogP contribution >= 0.6 is 0 Å². The Hall–Kier alpha value is -3.03. The van der Waals surface area contributed by atoms with Crippen LogP contribution in [-0.4, -0.2) is 98.4 Å². The van der Waals surface area contributed by atoms with Crippen LogP contribution in [0.2, 0.25) is 0 Å². The van der Waals surface area contributed by atoms with E-state index in [9.17, 15) is 14.4 Å². The van der Waals surface area contributed by atoms with E-state index in [0.717, 1.165) is 18.2 Å². The fourth-order valence-corrected chi connectivity index (χ4v) is 0.612. The lowest BCUT2D eigenvalue weighted by Crippen LogP contribution is -2.37. The molecule has 0 aliphatic heterocycles. The zero-order valence-electron chi connectivity index (χ0n) is 18.2. The topological polar surface area (TPSA) is 222 Å². The lowest BCUT2D eigenvalue weighted by Gasteiger charge is -2.23. The van der Waals surface area contributed by atoms with Gasteiger partial charge in [0.05, 0.1) is 44.7 Å². The van der Waals surface area contributed by atoms with Gasteiger partial charge in [0.1, 0.15) is 0 Å². The summed E-state index contributed by atoms with van der Waals surface area (Å²) in [5.74, 6) is -2.94. The molecule has 0 rings (SSSR count). The monoisotopic (exact) mass is 468 g/mol. The molecule has 0 saturated carbocycles.